The van der Waals surface area contributed by atoms with E-state index in [-0.39, 0.29) is 22.9 Å². The first-order valence-electron chi connectivity index (χ1n) is 12.8. The number of hydrogen-bond donors (Lipinski definition) is 1. The minimum atomic E-state index is -4.26. The van der Waals surface area contributed by atoms with Crippen LogP contribution in [0.4, 0.5) is 10.1 Å². The molecular formula is C30H25ClFN3O6S. The summed E-state index contributed by atoms with van der Waals surface area (Å²) in [6.07, 6.45) is 1.41. The summed E-state index contributed by atoms with van der Waals surface area (Å²) in [5, 5.41) is 4.58. The van der Waals surface area contributed by atoms with Crippen molar-refractivity contribution in [2.75, 3.05) is 24.1 Å². The molecule has 9 nitrogen and oxygen atoms in total. The van der Waals surface area contributed by atoms with Crippen molar-refractivity contribution in [2.45, 2.75) is 11.5 Å². The Labute approximate surface area is 247 Å². The van der Waals surface area contributed by atoms with Crippen LogP contribution >= 0.6 is 11.6 Å². The van der Waals surface area contributed by atoms with E-state index in [0.717, 1.165) is 22.0 Å². The lowest BCUT2D eigenvalue weighted by Crippen LogP contribution is -2.39. The van der Waals surface area contributed by atoms with Crippen molar-refractivity contribution >= 4 is 39.4 Å². The highest BCUT2D eigenvalue weighted by Crippen LogP contribution is 2.34. The van der Waals surface area contributed by atoms with Gasteiger partial charge in [0.1, 0.15) is 37.9 Å². The third kappa shape index (κ3) is 7.17. The number of benzene rings is 4. The number of ether oxygens (including phenoxy) is 3. The molecule has 0 radical (unpaired) electrons. The number of fused-ring (bicyclic) bond motifs is 1. The van der Waals surface area contributed by atoms with Crippen molar-refractivity contribution in [3.8, 4) is 17.2 Å². The maximum atomic E-state index is 13.6. The monoisotopic (exact) mass is 609 g/mol. The fourth-order valence-corrected chi connectivity index (χ4v) is 5.67. The lowest BCUT2D eigenvalue weighted by Gasteiger charge is -2.25. The summed E-state index contributed by atoms with van der Waals surface area (Å²) < 4.78 is 58.5. The van der Waals surface area contributed by atoms with E-state index in [4.69, 9.17) is 25.8 Å². The number of anilines is 1. The standard InChI is InChI=1S/C30H25ClFN3O6S/c31-23-3-1-2-22(16-23)20-41-26-10-4-21(5-11-26)18-33-34-30(36)19-35(25-8-6-24(32)7-9-25)42(37,38)27-12-13-28-29(17-27)40-15-14-39-28/h1-13,16-18H,14-15,19-20H2,(H,34,36)/b33-18-. The number of carbonyl (C=O) groups is 1. The van der Waals surface area contributed by atoms with Crippen molar-refractivity contribution in [1.82, 2.24) is 5.43 Å². The van der Waals surface area contributed by atoms with Gasteiger partial charge >= 0.3 is 0 Å². The van der Waals surface area contributed by atoms with Crippen LogP contribution in [0.2, 0.25) is 5.02 Å². The first-order chi connectivity index (χ1) is 20.3. The van der Waals surface area contributed by atoms with Crippen LogP contribution in [0, 0.1) is 5.82 Å². The van der Waals surface area contributed by atoms with Crippen molar-refractivity contribution < 1.29 is 31.8 Å². The van der Waals surface area contributed by atoms with Crippen LogP contribution in [0.3, 0.4) is 0 Å². The maximum absolute atomic E-state index is 13.6. The van der Waals surface area contributed by atoms with Gasteiger partial charge in [-0.1, -0.05) is 23.7 Å². The number of nitrogens with zero attached hydrogens (tertiary/aromatic N) is 2. The Bertz CT molecular complexity index is 1700. The zero-order valence-corrected chi connectivity index (χ0v) is 23.6. The van der Waals surface area contributed by atoms with E-state index in [0.29, 0.717) is 35.3 Å². The Kier molecular flexibility index (Phi) is 8.89. The van der Waals surface area contributed by atoms with E-state index in [1.54, 1.807) is 30.3 Å². The molecular weight excluding hydrogens is 585 g/mol. The second-order valence-electron chi connectivity index (χ2n) is 9.07. The molecule has 0 aromatic heterocycles. The number of halogens is 2. The number of amides is 1. The molecule has 4 aromatic rings. The minimum Gasteiger partial charge on any atom is -0.489 e. The molecule has 0 unspecified atom stereocenters. The average molecular weight is 610 g/mol. The zero-order valence-electron chi connectivity index (χ0n) is 22.1. The van der Waals surface area contributed by atoms with Gasteiger partial charge in [0.25, 0.3) is 15.9 Å². The van der Waals surface area contributed by atoms with E-state index in [1.807, 2.05) is 18.2 Å². The smallest absolute Gasteiger partial charge is 0.264 e. The average Bonchev–Trinajstić information content (AvgIpc) is 3.00. The predicted molar refractivity (Wildman–Crippen MR) is 156 cm³/mol. The van der Waals surface area contributed by atoms with Crippen LogP contribution in [0.15, 0.2) is 101 Å². The Morgan fingerprint density at radius 3 is 2.45 bits per heavy atom. The van der Waals surface area contributed by atoms with Crippen LogP contribution in [-0.2, 0) is 21.4 Å². The van der Waals surface area contributed by atoms with Gasteiger partial charge in [-0.25, -0.2) is 18.2 Å². The van der Waals surface area contributed by atoms with E-state index in [1.165, 1.54) is 36.5 Å². The third-order valence-corrected chi connectivity index (χ3v) is 8.09. The predicted octanol–water partition coefficient (Wildman–Crippen LogP) is 5.17. The van der Waals surface area contributed by atoms with E-state index < -0.39 is 28.3 Å². The topological polar surface area (TPSA) is 107 Å². The Balaban J connectivity index is 1.25. The van der Waals surface area contributed by atoms with Gasteiger partial charge in [0.15, 0.2) is 11.5 Å². The Morgan fingerprint density at radius 1 is 0.976 bits per heavy atom. The first kappa shape index (κ1) is 28.9. The highest BCUT2D eigenvalue weighted by molar-refractivity contribution is 7.92. The fraction of sp³-hybridized carbons (Fsp3) is 0.133. The summed E-state index contributed by atoms with van der Waals surface area (Å²) >= 11 is 6.00. The molecule has 4 aromatic carbocycles. The zero-order chi connectivity index (χ0) is 29.5. The molecule has 0 atom stereocenters. The van der Waals surface area contributed by atoms with Crippen LogP contribution in [-0.4, -0.2) is 40.3 Å². The molecule has 1 amide bonds. The molecule has 1 aliphatic rings. The molecule has 0 saturated carbocycles. The van der Waals surface area contributed by atoms with Gasteiger partial charge in [-0.2, -0.15) is 5.10 Å². The molecule has 42 heavy (non-hydrogen) atoms. The number of hydrazone groups is 1. The number of hydrogen-bond acceptors (Lipinski definition) is 7. The van der Waals surface area contributed by atoms with Crippen LogP contribution in [0.5, 0.6) is 17.2 Å². The molecule has 1 heterocycles. The number of carbonyl (C=O) groups excluding carboxylic acids is 1. The SMILES string of the molecule is O=C(CN(c1ccc(F)cc1)S(=O)(=O)c1ccc2c(c1)OCCO2)N/N=C\c1ccc(OCc2cccc(Cl)c2)cc1. The van der Waals surface area contributed by atoms with Gasteiger partial charge in [-0.15, -0.1) is 0 Å². The number of nitrogens with one attached hydrogen (secondary N) is 1. The molecule has 5 rings (SSSR count). The van der Waals surface area contributed by atoms with E-state index in [2.05, 4.69) is 10.5 Å². The summed E-state index contributed by atoms with van der Waals surface area (Å²) in [6, 6.07) is 23.3. The van der Waals surface area contributed by atoms with Crippen LogP contribution in [0.25, 0.3) is 0 Å². The second kappa shape index (κ2) is 12.9. The first-order valence-corrected chi connectivity index (χ1v) is 14.6. The molecule has 0 fully saturated rings. The quantitative estimate of drug-likeness (QED) is 0.196. The van der Waals surface area contributed by atoms with Gasteiger partial charge in [0, 0.05) is 11.1 Å². The highest BCUT2D eigenvalue weighted by atomic mass is 35.5. The number of sulfonamides is 1. The van der Waals surface area contributed by atoms with Gasteiger partial charge in [-0.05, 0) is 83.9 Å². The summed E-state index contributed by atoms with van der Waals surface area (Å²) in [5.41, 5.74) is 4.04. The largest absolute Gasteiger partial charge is 0.489 e. The van der Waals surface area contributed by atoms with Crippen molar-refractivity contribution in [2.24, 2.45) is 5.10 Å². The van der Waals surface area contributed by atoms with Gasteiger partial charge in [0.05, 0.1) is 16.8 Å². The molecule has 0 aliphatic carbocycles. The summed E-state index contributed by atoms with van der Waals surface area (Å²) in [7, 11) is -4.26. The molecule has 0 spiro atoms. The highest BCUT2D eigenvalue weighted by Gasteiger charge is 2.29. The van der Waals surface area contributed by atoms with Crippen molar-refractivity contribution in [1.29, 1.82) is 0 Å². The molecule has 1 aliphatic heterocycles. The minimum absolute atomic E-state index is 0.0961. The van der Waals surface area contributed by atoms with E-state index >= 15 is 0 Å². The van der Waals surface area contributed by atoms with Gasteiger partial charge in [-0.3, -0.25) is 9.10 Å². The molecule has 12 heteroatoms. The molecule has 0 bridgehead atoms. The van der Waals surface area contributed by atoms with Crippen LogP contribution < -0.4 is 23.9 Å². The van der Waals surface area contributed by atoms with Crippen molar-refractivity contribution in [3.63, 3.8) is 0 Å². The lowest BCUT2D eigenvalue weighted by molar-refractivity contribution is -0.119. The molecule has 216 valence electrons. The normalized spacial score (nSPS) is 12.6. The van der Waals surface area contributed by atoms with Crippen molar-refractivity contribution in [3.05, 3.63) is 113 Å². The molecule has 0 saturated heterocycles. The summed E-state index contributed by atoms with van der Waals surface area (Å²) in [6.45, 7) is 0.362. The lowest BCUT2D eigenvalue weighted by atomic mass is 10.2. The molecule has 1 N–H and O–H groups in total. The van der Waals surface area contributed by atoms with Gasteiger partial charge < -0.3 is 14.2 Å². The maximum Gasteiger partial charge on any atom is 0.264 e. The summed E-state index contributed by atoms with van der Waals surface area (Å²) in [4.78, 5) is 12.7. The Morgan fingerprint density at radius 2 is 1.71 bits per heavy atom. The second-order valence-corrected chi connectivity index (χ2v) is 11.4. The summed E-state index contributed by atoms with van der Waals surface area (Å²) in [5.74, 6) is 0.0663. The Hall–Kier alpha value is -4.61. The van der Waals surface area contributed by atoms with E-state index in [9.17, 15) is 17.6 Å². The van der Waals surface area contributed by atoms with Gasteiger partial charge in [0.2, 0.25) is 0 Å². The number of rotatable bonds is 10. The fourth-order valence-electron chi connectivity index (χ4n) is 4.02. The third-order valence-electron chi connectivity index (χ3n) is 6.08. The van der Waals surface area contributed by atoms with Crippen LogP contribution in [0.1, 0.15) is 11.1 Å².